The summed E-state index contributed by atoms with van der Waals surface area (Å²) in [6.07, 6.45) is 3.39. The molecule has 104 valence electrons. The second-order valence-electron chi connectivity index (χ2n) is 6.18. The number of hydrogen-bond acceptors (Lipinski definition) is 3. The van der Waals surface area contributed by atoms with Crippen molar-refractivity contribution in [1.82, 2.24) is 10.2 Å². The van der Waals surface area contributed by atoms with E-state index in [4.69, 9.17) is 0 Å². The minimum Gasteiger partial charge on any atom is -0.318 e. The molecule has 19 heavy (non-hydrogen) atoms. The first kappa shape index (κ1) is 13.1. The molecule has 1 amide bonds. The summed E-state index contributed by atoms with van der Waals surface area (Å²) in [5.41, 5.74) is 0. The Bertz CT molecular complexity index is 478. The average Bonchev–Trinajstić information content (AvgIpc) is 3.00. The molecule has 2 atom stereocenters. The van der Waals surface area contributed by atoms with Crippen LogP contribution in [0.25, 0.3) is 0 Å². The summed E-state index contributed by atoms with van der Waals surface area (Å²) in [6, 6.07) is 4.79. The van der Waals surface area contributed by atoms with E-state index in [2.05, 4.69) is 43.1 Å². The maximum atomic E-state index is 12.6. The van der Waals surface area contributed by atoms with Crippen molar-refractivity contribution in [3.8, 4) is 0 Å². The van der Waals surface area contributed by atoms with Gasteiger partial charge in [0, 0.05) is 15.8 Å². The third-order valence-electron chi connectivity index (χ3n) is 3.87. The molecule has 2 fully saturated rings. The fourth-order valence-corrected chi connectivity index (χ4v) is 3.79. The van der Waals surface area contributed by atoms with Gasteiger partial charge in [0.05, 0.1) is 6.04 Å². The Morgan fingerprint density at radius 3 is 2.68 bits per heavy atom. The van der Waals surface area contributed by atoms with E-state index in [1.165, 1.54) is 22.6 Å². The average molecular weight is 278 g/mol. The molecule has 1 saturated carbocycles. The standard InChI is InChI=1S/C15H22N2OS/c1-9(2)8-12-15(18)17(11-5-6-11)14(16-12)13-7-4-10(3)19-13/h4,7,9,11-12,14,16H,5-6,8H2,1-3H3. The van der Waals surface area contributed by atoms with Crippen molar-refractivity contribution in [2.24, 2.45) is 5.92 Å². The predicted molar refractivity (Wildman–Crippen MR) is 78.0 cm³/mol. The first-order valence-electron chi connectivity index (χ1n) is 7.21. The summed E-state index contributed by atoms with van der Waals surface area (Å²) in [7, 11) is 0. The number of amides is 1. The van der Waals surface area contributed by atoms with Crippen LogP contribution in [0.5, 0.6) is 0 Å². The predicted octanol–water partition coefficient (Wildman–Crippen LogP) is 3.06. The van der Waals surface area contributed by atoms with Crippen LogP contribution in [0, 0.1) is 12.8 Å². The lowest BCUT2D eigenvalue weighted by Gasteiger charge is -2.22. The summed E-state index contributed by atoms with van der Waals surface area (Å²) in [6.45, 7) is 6.48. The molecule has 2 heterocycles. The van der Waals surface area contributed by atoms with Crippen LogP contribution in [-0.2, 0) is 4.79 Å². The first-order chi connectivity index (χ1) is 9.06. The van der Waals surface area contributed by atoms with Crippen LogP contribution in [0.3, 0.4) is 0 Å². The molecular weight excluding hydrogens is 256 g/mol. The van der Waals surface area contributed by atoms with Gasteiger partial charge in [0.25, 0.3) is 0 Å². The number of carbonyl (C=O) groups excluding carboxylic acids is 1. The molecule has 3 nitrogen and oxygen atoms in total. The topological polar surface area (TPSA) is 32.3 Å². The third kappa shape index (κ3) is 2.56. The lowest BCUT2D eigenvalue weighted by atomic mass is 10.0. The summed E-state index contributed by atoms with van der Waals surface area (Å²) in [5, 5.41) is 3.56. The van der Waals surface area contributed by atoms with Crippen molar-refractivity contribution in [2.45, 2.75) is 58.3 Å². The van der Waals surface area contributed by atoms with Gasteiger partial charge in [0.2, 0.25) is 5.91 Å². The van der Waals surface area contributed by atoms with Gasteiger partial charge >= 0.3 is 0 Å². The van der Waals surface area contributed by atoms with Gasteiger partial charge in [-0.3, -0.25) is 10.1 Å². The SMILES string of the molecule is Cc1ccc(C2NC(CC(C)C)C(=O)N2C2CC2)s1. The fraction of sp³-hybridized carbons (Fsp3) is 0.667. The highest BCUT2D eigenvalue weighted by atomic mass is 32.1. The number of carbonyl (C=O) groups is 1. The zero-order chi connectivity index (χ0) is 13.6. The Hall–Kier alpha value is -0.870. The van der Waals surface area contributed by atoms with Gasteiger partial charge in [-0.25, -0.2) is 0 Å². The van der Waals surface area contributed by atoms with Crippen molar-refractivity contribution < 1.29 is 4.79 Å². The highest BCUT2D eigenvalue weighted by molar-refractivity contribution is 7.12. The molecule has 2 aliphatic rings. The van der Waals surface area contributed by atoms with Gasteiger partial charge in [-0.05, 0) is 44.2 Å². The van der Waals surface area contributed by atoms with E-state index in [1.807, 2.05) is 0 Å². The lowest BCUT2D eigenvalue weighted by Crippen LogP contribution is -2.33. The number of hydrogen-bond donors (Lipinski definition) is 1. The number of nitrogens with one attached hydrogen (secondary N) is 1. The van der Waals surface area contributed by atoms with Crippen LogP contribution >= 0.6 is 11.3 Å². The molecule has 1 aromatic heterocycles. The Balaban J connectivity index is 1.83. The Labute approximate surface area is 119 Å². The zero-order valence-electron chi connectivity index (χ0n) is 11.8. The molecule has 1 aliphatic carbocycles. The van der Waals surface area contributed by atoms with Crippen molar-refractivity contribution in [2.75, 3.05) is 0 Å². The number of rotatable bonds is 4. The van der Waals surface area contributed by atoms with Crippen molar-refractivity contribution in [3.63, 3.8) is 0 Å². The van der Waals surface area contributed by atoms with Gasteiger partial charge in [0.1, 0.15) is 6.17 Å². The third-order valence-corrected chi connectivity index (χ3v) is 4.92. The van der Waals surface area contributed by atoms with Crippen molar-refractivity contribution in [3.05, 3.63) is 21.9 Å². The van der Waals surface area contributed by atoms with Crippen molar-refractivity contribution in [1.29, 1.82) is 0 Å². The fourth-order valence-electron chi connectivity index (χ4n) is 2.85. The molecule has 0 bridgehead atoms. The second kappa shape index (κ2) is 4.91. The summed E-state index contributed by atoms with van der Waals surface area (Å²) in [4.78, 5) is 17.3. The Morgan fingerprint density at radius 2 is 2.16 bits per heavy atom. The monoisotopic (exact) mass is 278 g/mol. The Morgan fingerprint density at radius 1 is 1.42 bits per heavy atom. The van der Waals surface area contributed by atoms with Gasteiger partial charge in [-0.1, -0.05) is 13.8 Å². The van der Waals surface area contributed by atoms with Crippen LogP contribution < -0.4 is 5.32 Å². The molecule has 1 aromatic rings. The largest absolute Gasteiger partial charge is 0.318 e. The van der Waals surface area contributed by atoms with E-state index in [-0.39, 0.29) is 12.2 Å². The van der Waals surface area contributed by atoms with Crippen molar-refractivity contribution >= 4 is 17.2 Å². The number of thiophene rings is 1. The first-order valence-corrected chi connectivity index (χ1v) is 8.02. The van der Waals surface area contributed by atoms with E-state index in [9.17, 15) is 4.79 Å². The van der Waals surface area contributed by atoms with E-state index < -0.39 is 0 Å². The zero-order valence-corrected chi connectivity index (χ0v) is 12.7. The second-order valence-corrected chi connectivity index (χ2v) is 7.50. The number of nitrogens with zero attached hydrogens (tertiary/aromatic N) is 1. The highest BCUT2D eigenvalue weighted by Gasteiger charge is 2.46. The van der Waals surface area contributed by atoms with Crippen LogP contribution in [0.2, 0.25) is 0 Å². The molecular formula is C15H22N2OS. The van der Waals surface area contributed by atoms with E-state index >= 15 is 0 Å². The molecule has 3 rings (SSSR count). The normalized spacial score (nSPS) is 27.6. The minimum absolute atomic E-state index is 0.00741. The van der Waals surface area contributed by atoms with E-state index in [1.54, 1.807) is 11.3 Å². The minimum atomic E-state index is 0.00741. The molecule has 0 aromatic carbocycles. The van der Waals surface area contributed by atoms with Gasteiger partial charge in [-0.15, -0.1) is 11.3 Å². The molecule has 0 spiro atoms. The summed E-state index contributed by atoms with van der Waals surface area (Å²) >= 11 is 1.80. The summed E-state index contributed by atoms with van der Waals surface area (Å²) in [5.74, 6) is 0.860. The van der Waals surface area contributed by atoms with Gasteiger partial charge in [0.15, 0.2) is 0 Å². The molecule has 1 saturated heterocycles. The quantitative estimate of drug-likeness (QED) is 0.918. The molecule has 1 N–H and O–H groups in total. The highest BCUT2D eigenvalue weighted by Crippen LogP contribution is 2.39. The van der Waals surface area contributed by atoms with Crippen LogP contribution in [0.4, 0.5) is 0 Å². The smallest absolute Gasteiger partial charge is 0.241 e. The van der Waals surface area contributed by atoms with E-state index in [0.717, 1.165) is 6.42 Å². The molecule has 2 unspecified atom stereocenters. The van der Waals surface area contributed by atoms with Crippen LogP contribution in [0.15, 0.2) is 12.1 Å². The summed E-state index contributed by atoms with van der Waals surface area (Å²) < 4.78 is 0. The van der Waals surface area contributed by atoms with Gasteiger partial charge in [-0.2, -0.15) is 0 Å². The molecule has 1 aliphatic heterocycles. The van der Waals surface area contributed by atoms with Crippen LogP contribution in [0.1, 0.15) is 49.0 Å². The molecule has 4 heteroatoms. The molecule has 0 radical (unpaired) electrons. The lowest BCUT2D eigenvalue weighted by molar-refractivity contribution is -0.130. The van der Waals surface area contributed by atoms with Gasteiger partial charge < -0.3 is 4.90 Å². The number of aryl methyl sites for hydroxylation is 1. The van der Waals surface area contributed by atoms with E-state index in [0.29, 0.717) is 17.9 Å². The maximum absolute atomic E-state index is 12.6. The van der Waals surface area contributed by atoms with Crippen LogP contribution in [-0.4, -0.2) is 22.9 Å². The maximum Gasteiger partial charge on any atom is 0.241 e. The Kier molecular flexibility index (Phi) is 3.39.